The van der Waals surface area contributed by atoms with E-state index in [1.165, 1.54) is 18.2 Å². The van der Waals surface area contributed by atoms with Gasteiger partial charge in [-0.3, -0.25) is 4.79 Å². The Balaban J connectivity index is 2.22. The van der Waals surface area contributed by atoms with Crippen molar-refractivity contribution < 1.29 is 13.9 Å². The number of carbonyl (C=O) groups excluding carboxylic acids is 1. The van der Waals surface area contributed by atoms with Crippen LogP contribution in [-0.4, -0.2) is 41.4 Å². The summed E-state index contributed by atoms with van der Waals surface area (Å²) in [4.78, 5) is 14.3. The van der Waals surface area contributed by atoms with Crippen molar-refractivity contribution in [2.24, 2.45) is 0 Å². The van der Waals surface area contributed by atoms with Crippen molar-refractivity contribution in [3.05, 3.63) is 34.1 Å². The van der Waals surface area contributed by atoms with E-state index in [4.69, 9.17) is 4.74 Å². The summed E-state index contributed by atoms with van der Waals surface area (Å²) in [6.07, 6.45) is -0.000580. The highest BCUT2D eigenvalue weighted by Gasteiger charge is 2.30. The van der Waals surface area contributed by atoms with E-state index < -0.39 is 0 Å². The highest BCUT2D eigenvalue weighted by Crippen LogP contribution is 2.23. The van der Waals surface area contributed by atoms with E-state index in [0.29, 0.717) is 28.5 Å². The van der Waals surface area contributed by atoms with Crippen LogP contribution in [0, 0.1) is 5.82 Å². The molecule has 1 fully saturated rings. The number of ether oxygens (including phenoxy) is 1. The van der Waals surface area contributed by atoms with E-state index in [-0.39, 0.29) is 23.9 Å². The zero-order valence-corrected chi connectivity index (χ0v) is 13.6. The lowest BCUT2D eigenvalue weighted by Gasteiger charge is -2.37. The highest BCUT2D eigenvalue weighted by molar-refractivity contribution is 9.10. The number of nitrogens with zero attached hydrogens (tertiary/aromatic N) is 1. The molecule has 0 radical (unpaired) electrons. The minimum Gasteiger partial charge on any atom is -0.373 e. The second kappa shape index (κ2) is 6.33. The number of carbonyl (C=O) groups is 1. The van der Waals surface area contributed by atoms with Crippen molar-refractivity contribution in [1.29, 1.82) is 0 Å². The lowest BCUT2D eigenvalue weighted by molar-refractivity contribution is -0.0361. The number of halogens is 3. The number of rotatable bonds is 2. The number of hydrogen-bond donors (Lipinski definition) is 0. The van der Waals surface area contributed by atoms with Gasteiger partial charge in [-0.25, -0.2) is 4.39 Å². The molecule has 2 unspecified atom stereocenters. The molecule has 1 saturated heterocycles. The molecule has 0 N–H and O–H groups in total. The molecule has 1 aliphatic heterocycles. The van der Waals surface area contributed by atoms with Crippen LogP contribution in [0.1, 0.15) is 17.3 Å². The minimum atomic E-state index is -0.364. The molecule has 104 valence electrons. The van der Waals surface area contributed by atoms with Crippen molar-refractivity contribution in [3.8, 4) is 0 Å². The van der Waals surface area contributed by atoms with Crippen molar-refractivity contribution in [2.75, 3.05) is 18.5 Å². The largest absolute Gasteiger partial charge is 0.373 e. The molecular formula is C13H14Br2FNO2. The van der Waals surface area contributed by atoms with Crippen LogP contribution in [0.25, 0.3) is 0 Å². The molecule has 6 heteroatoms. The van der Waals surface area contributed by atoms with Gasteiger partial charge < -0.3 is 9.64 Å². The molecular weight excluding hydrogens is 381 g/mol. The minimum absolute atomic E-state index is 0.000580. The maximum absolute atomic E-state index is 13.1. The Morgan fingerprint density at radius 1 is 1.58 bits per heavy atom. The second-order valence-electron chi connectivity index (χ2n) is 4.54. The van der Waals surface area contributed by atoms with E-state index in [1.54, 1.807) is 4.90 Å². The van der Waals surface area contributed by atoms with Gasteiger partial charge in [0.2, 0.25) is 0 Å². The van der Waals surface area contributed by atoms with Crippen LogP contribution >= 0.6 is 31.9 Å². The average molecular weight is 395 g/mol. The zero-order chi connectivity index (χ0) is 14.0. The zero-order valence-electron chi connectivity index (χ0n) is 10.4. The number of alkyl halides is 1. The van der Waals surface area contributed by atoms with Crippen LogP contribution in [0.4, 0.5) is 4.39 Å². The quantitative estimate of drug-likeness (QED) is 0.721. The summed E-state index contributed by atoms with van der Waals surface area (Å²) in [5, 5.41) is 0.689. The van der Waals surface area contributed by atoms with Crippen LogP contribution in [0.2, 0.25) is 0 Å². The Hall–Kier alpha value is -0.460. The Morgan fingerprint density at radius 2 is 2.32 bits per heavy atom. The molecule has 0 aliphatic carbocycles. The van der Waals surface area contributed by atoms with Gasteiger partial charge in [0.05, 0.1) is 24.3 Å². The summed E-state index contributed by atoms with van der Waals surface area (Å²) in [7, 11) is 0. The maximum Gasteiger partial charge on any atom is 0.255 e. The molecule has 19 heavy (non-hydrogen) atoms. The third kappa shape index (κ3) is 3.35. The smallest absolute Gasteiger partial charge is 0.255 e. The second-order valence-corrected chi connectivity index (χ2v) is 6.04. The van der Waals surface area contributed by atoms with Crippen LogP contribution in [0.15, 0.2) is 22.7 Å². The number of amides is 1. The van der Waals surface area contributed by atoms with E-state index >= 15 is 0 Å². The molecule has 1 heterocycles. The van der Waals surface area contributed by atoms with E-state index in [1.807, 2.05) is 6.92 Å². The predicted octanol–water partition coefficient (Wildman–Crippen LogP) is 3.21. The van der Waals surface area contributed by atoms with Crippen LogP contribution in [0.3, 0.4) is 0 Å². The molecule has 0 spiro atoms. The summed E-state index contributed by atoms with van der Waals surface area (Å²) in [5.74, 6) is -0.467. The normalized spacial score (nSPS) is 23.5. The highest BCUT2D eigenvalue weighted by atomic mass is 79.9. The van der Waals surface area contributed by atoms with E-state index in [0.717, 1.165) is 0 Å². The molecule has 2 rings (SSSR count). The number of morpholine rings is 1. The van der Waals surface area contributed by atoms with Gasteiger partial charge in [0, 0.05) is 16.3 Å². The van der Waals surface area contributed by atoms with Gasteiger partial charge in [-0.05, 0) is 41.1 Å². The average Bonchev–Trinajstić information content (AvgIpc) is 2.38. The Bertz CT molecular complexity index is 484. The third-order valence-corrected chi connectivity index (χ3v) is 4.48. The molecule has 2 atom stereocenters. The molecule has 0 aromatic heterocycles. The molecule has 1 amide bonds. The van der Waals surface area contributed by atoms with Gasteiger partial charge in [0.1, 0.15) is 5.82 Å². The van der Waals surface area contributed by atoms with Gasteiger partial charge in [-0.15, -0.1) is 0 Å². The van der Waals surface area contributed by atoms with Gasteiger partial charge in [0.15, 0.2) is 0 Å². The number of benzene rings is 1. The van der Waals surface area contributed by atoms with Gasteiger partial charge in [-0.2, -0.15) is 0 Å². The first-order valence-corrected chi connectivity index (χ1v) is 7.88. The molecule has 1 aliphatic rings. The van der Waals surface area contributed by atoms with E-state index in [9.17, 15) is 9.18 Å². The Labute approximate surface area is 128 Å². The third-order valence-electron chi connectivity index (χ3n) is 3.10. The molecule has 0 saturated carbocycles. The molecule has 1 aromatic carbocycles. The van der Waals surface area contributed by atoms with Crippen molar-refractivity contribution in [2.45, 2.75) is 19.1 Å². The van der Waals surface area contributed by atoms with Crippen LogP contribution < -0.4 is 0 Å². The lowest BCUT2D eigenvalue weighted by atomic mass is 10.1. The summed E-state index contributed by atoms with van der Waals surface area (Å²) < 4.78 is 19.1. The summed E-state index contributed by atoms with van der Waals surface area (Å²) >= 11 is 6.60. The first kappa shape index (κ1) is 14.9. The Morgan fingerprint density at radius 3 is 2.95 bits per heavy atom. The first-order chi connectivity index (χ1) is 9.02. The predicted molar refractivity (Wildman–Crippen MR) is 78.1 cm³/mol. The summed E-state index contributed by atoms with van der Waals surface area (Å²) in [6, 6.07) is 4.12. The van der Waals surface area contributed by atoms with Crippen molar-refractivity contribution in [1.82, 2.24) is 4.90 Å². The van der Waals surface area contributed by atoms with Crippen LogP contribution in [-0.2, 0) is 4.74 Å². The summed E-state index contributed by atoms with van der Waals surface area (Å²) in [5.41, 5.74) is 0.475. The lowest BCUT2D eigenvalue weighted by Crippen LogP contribution is -2.51. The SMILES string of the molecule is CC1COC(CBr)CN1C(=O)c1ccc(F)cc1Br. The van der Waals surface area contributed by atoms with Crippen molar-refractivity contribution in [3.63, 3.8) is 0 Å². The van der Waals surface area contributed by atoms with Crippen molar-refractivity contribution >= 4 is 37.8 Å². The Kier molecular flexibility index (Phi) is 4.97. The summed E-state index contributed by atoms with van der Waals surface area (Å²) in [6.45, 7) is 3.00. The molecule has 0 bridgehead atoms. The monoisotopic (exact) mass is 393 g/mol. The van der Waals surface area contributed by atoms with Gasteiger partial charge in [0.25, 0.3) is 5.91 Å². The fraction of sp³-hybridized carbons (Fsp3) is 0.462. The fourth-order valence-corrected chi connectivity index (χ4v) is 2.92. The maximum atomic E-state index is 13.1. The van der Waals surface area contributed by atoms with E-state index in [2.05, 4.69) is 31.9 Å². The number of hydrogen-bond acceptors (Lipinski definition) is 2. The standard InChI is InChI=1S/C13H14Br2FNO2/c1-8-7-19-10(5-14)6-17(8)13(18)11-3-2-9(16)4-12(11)15/h2-4,8,10H,5-7H2,1H3. The van der Waals surface area contributed by atoms with Gasteiger partial charge in [-0.1, -0.05) is 15.9 Å². The van der Waals surface area contributed by atoms with Crippen LogP contribution in [0.5, 0.6) is 0 Å². The molecule has 3 nitrogen and oxygen atoms in total. The van der Waals surface area contributed by atoms with Gasteiger partial charge >= 0.3 is 0 Å². The topological polar surface area (TPSA) is 29.5 Å². The fourth-order valence-electron chi connectivity index (χ4n) is 2.01. The first-order valence-electron chi connectivity index (χ1n) is 5.96. The molecule has 1 aromatic rings.